The van der Waals surface area contributed by atoms with Gasteiger partial charge in [0.25, 0.3) is 11.6 Å². The summed E-state index contributed by atoms with van der Waals surface area (Å²) in [5.41, 5.74) is 0.569. The molecule has 9 nitrogen and oxygen atoms in total. The number of carbonyl (C=O) groups excluding carboxylic acids is 1. The minimum Gasteiger partial charge on any atom is -0.312 e. The van der Waals surface area contributed by atoms with Crippen LogP contribution in [0.4, 0.5) is 10.1 Å². The molecule has 1 fully saturated rings. The molecule has 0 radical (unpaired) electrons. The number of nitro benzene ring substituents is 1. The first-order valence-corrected chi connectivity index (χ1v) is 12.2. The molecule has 1 aliphatic rings. The van der Waals surface area contributed by atoms with Crippen LogP contribution in [0.15, 0.2) is 65.0 Å². The zero-order valence-corrected chi connectivity index (χ0v) is 18.9. The van der Waals surface area contributed by atoms with Crippen LogP contribution in [0.3, 0.4) is 0 Å². The molecule has 1 unspecified atom stereocenters. The average Bonchev–Trinajstić information content (AvgIpc) is 3.40. The van der Waals surface area contributed by atoms with Gasteiger partial charge in [-0.2, -0.15) is 9.30 Å². The Labute approximate surface area is 192 Å². The molecule has 2 aromatic carbocycles. The molecule has 4 rings (SSSR count). The number of non-ortho nitro benzene ring substituents is 1. The Kier molecular flexibility index (Phi) is 6.23. The lowest BCUT2D eigenvalue weighted by Gasteiger charge is -2.21. The van der Waals surface area contributed by atoms with Gasteiger partial charge >= 0.3 is 0 Å². The normalized spacial score (nSPS) is 17.5. The molecule has 0 aliphatic carbocycles. The van der Waals surface area contributed by atoms with E-state index in [1.807, 2.05) is 0 Å². The Bertz CT molecular complexity index is 1430. The topological polar surface area (TPSA) is 115 Å². The molecule has 1 aromatic heterocycles. The molecule has 172 valence electrons. The highest BCUT2D eigenvalue weighted by Gasteiger charge is 2.39. The van der Waals surface area contributed by atoms with E-state index in [-0.39, 0.29) is 17.1 Å². The third-order valence-corrected chi connectivity index (χ3v) is 8.27. The molecule has 3 aromatic rings. The fraction of sp³-hybridized carbons (Fsp3) is 0.238. The number of halogens is 1. The molecule has 0 saturated carbocycles. The SMILES string of the molecule is C=CCn1c(=NC(=O)C2CCCN2S(=O)(=O)c2ccc(F)cc2)sc2cc([N+](=O)[O-])ccc21. The van der Waals surface area contributed by atoms with E-state index in [4.69, 9.17) is 0 Å². The maximum absolute atomic E-state index is 13.2. The summed E-state index contributed by atoms with van der Waals surface area (Å²) in [4.78, 5) is 28.1. The van der Waals surface area contributed by atoms with Gasteiger partial charge in [0.1, 0.15) is 11.9 Å². The van der Waals surface area contributed by atoms with E-state index >= 15 is 0 Å². The van der Waals surface area contributed by atoms with Gasteiger partial charge in [-0.05, 0) is 43.2 Å². The lowest BCUT2D eigenvalue weighted by Crippen LogP contribution is -2.40. The summed E-state index contributed by atoms with van der Waals surface area (Å²) in [5.74, 6) is -1.19. The summed E-state index contributed by atoms with van der Waals surface area (Å²) in [5, 5.41) is 11.1. The summed E-state index contributed by atoms with van der Waals surface area (Å²) >= 11 is 1.10. The molecule has 0 N–H and O–H groups in total. The van der Waals surface area contributed by atoms with Crippen molar-refractivity contribution in [1.82, 2.24) is 8.87 Å². The van der Waals surface area contributed by atoms with Gasteiger partial charge in [-0.25, -0.2) is 12.8 Å². The Morgan fingerprint density at radius 2 is 2.03 bits per heavy atom. The second kappa shape index (κ2) is 8.96. The summed E-state index contributed by atoms with van der Waals surface area (Å²) < 4.78 is 42.7. The number of sulfonamides is 1. The van der Waals surface area contributed by atoms with Crippen molar-refractivity contribution < 1.29 is 22.5 Å². The molecule has 2 heterocycles. The molecule has 1 atom stereocenters. The number of thiazole rings is 1. The van der Waals surface area contributed by atoms with Crippen LogP contribution in [0.25, 0.3) is 10.2 Å². The molecular weight excluding hydrogens is 471 g/mol. The van der Waals surface area contributed by atoms with E-state index in [1.54, 1.807) is 16.7 Å². The van der Waals surface area contributed by atoms with E-state index in [0.717, 1.165) is 27.8 Å². The van der Waals surface area contributed by atoms with Gasteiger partial charge in [0, 0.05) is 25.2 Å². The van der Waals surface area contributed by atoms with Crippen LogP contribution in [-0.4, -0.2) is 40.7 Å². The van der Waals surface area contributed by atoms with Crippen molar-refractivity contribution in [3.05, 3.63) is 75.9 Å². The van der Waals surface area contributed by atoms with Crippen molar-refractivity contribution >= 4 is 43.2 Å². The fourth-order valence-electron chi connectivity index (χ4n) is 3.75. The largest absolute Gasteiger partial charge is 0.312 e. The lowest BCUT2D eigenvalue weighted by atomic mass is 10.2. The molecule has 33 heavy (non-hydrogen) atoms. The van der Waals surface area contributed by atoms with Gasteiger partial charge in [0.05, 0.1) is 20.0 Å². The zero-order valence-electron chi connectivity index (χ0n) is 17.3. The summed E-state index contributed by atoms with van der Waals surface area (Å²) in [6.07, 6.45) is 2.40. The highest BCUT2D eigenvalue weighted by Crippen LogP contribution is 2.28. The Morgan fingerprint density at radius 3 is 2.70 bits per heavy atom. The van der Waals surface area contributed by atoms with Crippen LogP contribution in [0, 0.1) is 15.9 Å². The quantitative estimate of drug-likeness (QED) is 0.299. The summed E-state index contributed by atoms with van der Waals surface area (Å²) in [7, 11) is -4.01. The molecule has 0 spiro atoms. The van der Waals surface area contributed by atoms with Crippen LogP contribution >= 0.6 is 11.3 Å². The smallest absolute Gasteiger partial charge is 0.270 e. The number of carbonyl (C=O) groups is 1. The third kappa shape index (κ3) is 4.36. The monoisotopic (exact) mass is 490 g/mol. The first-order chi connectivity index (χ1) is 15.7. The summed E-state index contributed by atoms with van der Waals surface area (Å²) in [6.45, 7) is 4.17. The van der Waals surface area contributed by atoms with Crippen LogP contribution in [0.5, 0.6) is 0 Å². The highest BCUT2D eigenvalue weighted by molar-refractivity contribution is 7.89. The van der Waals surface area contributed by atoms with Crippen LogP contribution in [-0.2, 0) is 21.4 Å². The number of allylic oxidation sites excluding steroid dienone is 1. The number of hydrogen-bond donors (Lipinski definition) is 0. The molecule has 12 heteroatoms. The highest BCUT2D eigenvalue weighted by atomic mass is 32.2. The van der Waals surface area contributed by atoms with Gasteiger partial charge in [0.15, 0.2) is 4.80 Å². The van der Waals surface area contributed by atoms with Crippen molar-refractivity contribution in [2.75, 3.05) is 6.54 Å². The predicted octanol–water partition coefficient (Wildman–Crippen LogP) is 3.22. The van der Waals surface area contributed by atoms with Gasteiger partial charge in [-0.15, -0.1) is 6.58 Å². The number of benzene rings is 2. The van der Waals surface area contributed by atoms with E-state index in [1.165, 1.54) is 24.3 Å². The molecular formula is C21H19FN4O5S2. The number of fused-ring (bicyclic) bond motifs is 1. The zero-order chi connectivity index (χ0) is 23.8. The second-order valence-corrected chi connectivity index (χ2v) is 10.3. The first kappa shape index (κ1) is 23.0. The van der Waals surface area contributed by atoms with Crippen molar-refractivity contribution in [2.45, 2.75) is 30.3 Å². The molecule has 1 saturated heterocycles. The molecule has 0 bridgehead atoms. The van der Waals surface area contributed by atoms with Crippen molar-refractivity contribution in [3.63, 3.8) is 0 Å². The average molecular weight is 491 g/mol. The van der Waals surface area contributed by atoms with Crippen LogP contribution in [0.2, 0.25) is 0 Å². The van der Waals surface area contributed by atoms with Crippen molar-refractivity contribution in [3.8, 4) is 0 Å². The van der Waals surface area contributed by atoms with Crippen LogP contribution < -0.4 is 4.80 Å². The van der Waals surface area contributed by atoms with E-state index in [9.17, 15) is 27.7 Å². The van der Waals surface area contributed by atoms with Crippen molar-refractivity contribution in [1.29, 1.82) is 0 Å². The Morgan fingerprint density at radius 1 is 1.30 bits per heavy atom. The minimum atomic E-state index is -4.01. The number of nitro groups is 1. The van der Waals surface area contributed by atoms with E-state index in [0.29, 0.717) is 34.4 Å². The maximum atomic E-state index is 13.2. The number of hydrogen-bond acceptors (Lipinski definition) is 6. The van der Waals surface area contributed by atoms with E-state index < -0.39 is 32.7 Å². The standard InChI is InChI=1S/C21H19FN4O5S2/c1-2-11-24-17-10-7-15(26(28)29)13-19(17)32-21(24)23-20(27)18-4-3-12-25(18)33(30,31)16-8-5-14(22)6-9-16/h2,5-10,13,18H,1,3-4,11-12H2. The number of nitrogens with zero attached hydrogens (tertiary/aromatic N) is 4. The Hall–Kier alpha value is -3.22. The number of amides is 1. The minimum absolute atomic E-state index is 0.0836. The lowest BCUT2D eigenvalue weighted by molar-refractivity contribution is -0.384. The fourth-order valence-corrected chi connectivity index (χ4v) is 6.48. The maximum Gasteiger partial charge on any atom is 0.270 e. The predicted molar refractivity (Wildman–Crippen MR) is 121 cm³/mol. The van der Waals surface area contributed by atoms with E-state index in [2.05, 4.69) is 11.6 Å². The van der Waals surface area contributed by atoms with Gasteiger partial charge in [-0.1, -0.05) is 17.4 Å². The van der Waals surface area contributed by atoms with Gasteiger partial charge in [-0.3, -0.25) is 14.9 Å². The third-order valence-electron chi connectivity index (χ3n) is 5.30. The first-order valence-electron chi connectivity index (χ1n) is 9.97. The number of rotatable bonds is 6. The number of aromatic nitrogens is 1. The van der Waals surface area contributed by atoms with Gasteiger partial charge < -0.3 is 4.57 Å². The molecule has 1 aliphatic heterocycles. The van der Waals surface area contributed by atoms with Crippen LogP contribution in [0.1, 0.15) is 12.8 Å². The van der Waals surface area contributed by atoms with Crippen molar-refractivity contribution in [2.24, 2.45) is 4.99 Å². The molecule has 1 amide bonds. The van der Waals surface area contributed by atoms with Gasteiger partial charge in [0.2, 0.25) is 10.0 Å². The Balaban J connectivity index is 1.73. The summed E-state index contributed by atoms with van der Waals surface area (Å²) in [6, 6.07) is 7.81. The second-order valence-electron chi connectivity index (χ2n) is 7.37.